The van der Waals surface area contributed by atoms with Gasteiger partial charge in [-0.2, -0.15) is 4.76 Å². The van der Waals surface area contributed by atoms with Crippen LogP contribution in [0.3, 0.4) is 0 Å². The summed E-state index contributed by atoms with van der Waals surface area (Å²) in [7, 11) is -3.37. The van der Waals surface area contributed by atoms with E-state index in [9.17, 15) is 4.57 Å². The largest absolute Gasteiger partial charge is 0.455 e. The molecule has 0 fully saturated rings. The third kappa shape index (κ3) is 4.08. The molecule has 0 saturated heterocycles. The van der Waals surface area contributed by atoms with Crippen LogP contribution in [0.5, 0.6) is 0 Å². The van der Waals surface area contributed by atoms with E-state index in [1.165, 1.54) is 22.7 Å². The van der Waals surface area contributed by atoms with E-state index in [4.69, 9.17) is 14.2 Å². The molecule has 0 aromatic carbocycles. The number of hydrogen-bond donors (Lipinski definition) is 1. The lowest BCUT2D eigenvalue weighted by Crippen LogP contribution is -1.97. The summed E-state index contributed by atoms with van der Waals surface area (Å²) in [5.41, 5.74) is 0. The molecule has 0 spiro atoms. The van der Waals surface area contributed by atoms with Crippen LogP contribution < -0.4 is 3.98 Å². The Morgan fingerprint density at radius 1 is 1.44 bits per heavy atom. The Bertz CT molecular complexity index is 418. The third-order valence-corrected chi connectivity index (χ3v) is 5.50. The maximum Gasteiger partial charge on any atom is 0.455 e. The Morgan fingerprint density at radius 2 is 2.06 bits per heavy atom. The molecular formula is C8H14NO4PS2. The zero-order chi connectivity index (χ0) is 12.0. The minimum atomic E-state index is -3.37. The molecule has 1 aromatic rings. The van der Waals surface area contributed by atoms with Crippen molar-refractivity contribution in [3.8, 4) is 0 Å². The first kappa shape index (κ1) is 14.0. The van der Waals surface area contributed by atoms with E-state index < -0.39 is 7.75 Å². The van der Waals surface area contributed by atoms with Gasteiger partial charge in [-0.3, -0.25) is 9.05 Å². The van der Waals surface area contributed by atoms with Crippen molar-refractivity contribution in [3.05, 3.63) is 14.2 Å². The van der Waals surface area contributed by atoms with Crippen molar-refractivity contribution in [2.24, 2.45) is 4.76 Å². The third-order valence-electron chi connectivity index (χ3n) is 1.45. The summed E-state index contributed by atoms with van der Waals surface area (Å²) >= 11 is 2.59. The van der Waals surface area contributed by atoms with E-state index in [0.29, 0.717) is 3.98 Å². The summed E-state index contributed by atoms with van der Waals surface area (Å²) < 4.78 is 26.6. The Morgan fingerprint density at radius 3 is 2.50 bits per heavy atom. The van der Waals surface area contributed by atoms with Gasteiger partial charge in [0.2, 0.25) is 0 Å². The van der Waals surface area contributed by atoms with Crippen molar-refractivity contribution >= 4 is 30.4 Å². The SMILES string of the molecule is CCOP(=O)(/N=c1/scc(CO)s1)OCC. The fourth-order valence-corrected chi connectivity index (χ4v) is 4.50. The lowest BCUT2D eigenvalue weighted by molar-refractivity contribution is 0.220. The molecule has 1 heterocycles. The van der Waals surface area contributed by atoms with Gasteiger partial charge in [0, 0.05) is 10.3 Å². The van der Waals surface area contributed by atoms with Gasteiger partial charge in [-0.05, 0) is 13.8 Å². The molecule has 0 saturated carbocycles. The predicted octanol–water partition coefficient (Wildman–Crippen LogP) is 2.38. The molecule has 8 heteroatoms. The summed E-state index contributed by atoms with van der Waals surface area (Å²) in [6.07, 6.45) is 0. The van der Waals surface area contributed by atoms with Crippen molar-refractivity contribution in [1.29, 1.82) is 0 Å². The van der Waals surface area contributed by atoms with Gasteiger partial charge >= 0.3 is 7.75 Å². The molecule has 0 aliphatic heterocycles. The number of nitrogens with zero attached hydrogens (tertiary/aromatic N) is 1. The van der Waals surface area contributed by atoms with Crippen LogP contribution in [0.4, 0.5) is 0 Å². The summed E-state index contributed by atoms with van der Waals surface area (Å²) in [5.74, 6) is 0. The van der Waals surface area contributed by atoms with Gasteiger partial charge in [-0.25, -0.2) is 4.57 Å². The maximum absolute atomic E-state index is 12.0. The monoisotopic (exact) mass is 283 g/mol. The van der Waals surface area contributed by atoms with Crippen molar-refractivity contribution < 1.29 is 18.7 Å². The fourth-order valence-electron chi connectivity index (χ4n) is 0.911. The van der Waals surface area contributed by atoms with Gasteiger partial charge in [0.15, 0.2) is 3.98 Å². The smallest absolute Gasteiger partial charge is 0.391 e. The van der Waals surface area contributed by atoms with Crippen LogP contribution in [0.2, 0.25) is 0 Å². The van der Waals surface area contributed by atoms with Crippen LogP contribution in [-0.2, 0) is 20.2 Å². The molecule has 1 aromatic heterocycles. The van der Waals surface area contributed by atoms with Crippen LogP contribution in [-0.4, -0.2) is 18.3 Å². The molecule has 1 rings (SSSR count). The quantitative estimate of drug-likeness (QED) is 0.814. The molecule has 1 N–H and O–H groups in total. The topological polar surface area (TPSA) is 68.1 Å². The zero-order valence-corrected chi connectivity index (χ0v) is 11.6. The minimum Gasteiger partial charge on any atom is -0.391 e. The van der Waals surface area contributed by atoms with Crippen LogP contribution in [0, 0.1) is 0 Å². The summed E-state index contributed by atoms with van der Waals surface area (Å²) in [6, 6.07) is 0. The van der Waals surface area contributed by atoms with Gasteiger partial charge in [-0.15, -0.1) is 22.7 Å². The second kappa shape index (κ2) is 6.64. The van der Waals surface area contributed by atoms with E-state index in [1.807, 2.05) is 0 Å². The molecule has 16 heavy (non-hydrogen) atoms. The van der Waals surface area contributed by atoms with E-state index in [0.717, 1.165) is 4.88 Å². The first-order valence-corrected chi connectivity index (χ1v) is 7.96. The highest BCUT2D eigenvalue weighted by molar-refractivity contribution is 7.52. The highest BCUT2D eigenvalue weighted by Crippen LogP contribution is 2.49. The number of aliphatic hydroxyl groups is 1. The Kier molecular flexibility index (Phi) is 5.82. The Labute approximate surface area is 102 Å². The molecule has 0 radical (unpaired) electrons. The van der Waals surface area contributed by atoms with Crippen molar-refractivity contribution in [3.63, 3.8) is 0 Å². The van der Waals surface area contributed by atoms with E-state index >= 15 is 0 Å². The second-order valence-electron chi connectivity index (χ2n) is 2.63. The van der Waals surface area contributed by atoms with Gasteiger partial charge in [0.1, 0.15) is 0 Å². The van der Waals surface area contributed by atoms with Gasteiger partial charge in [0.05, 0.1) is 19.8 Å². The first-order chi connectivity index (χ1) is 7.63. The van der Waals surface area contributed by atoms with Crippen LogP contribution in [0.1, 0.15) is 18.7 Å². The molecule has 92 valence electrons. The molecular weight excluding hydrogens is 269 g/mol. The van der Waals surface area contributed by atoms with Crippen LogP contribution >= 0.6 is 30.4 Å². The fraction of sp³-hybridized carbons (Fsp3) is 0.625. The summed E-state index contributed by atoms with van der Waals surface area (Å²) in [5, 5.41) is 10.7. The lowest BCUT2D eigenvalue weighted by Gasteiger charge is -2.09. The molecule has 0 aliphatic carbocycles. The summed E-state index contributed by atoms with van der Waals surface area (Å²) in [4.78, 5) is 0.781. The van der Waals surface area contributed by atoms with E-state index in [1.54, 1.807) is 19.2 Å². The Hall–Kier alpha value is -0.0400. The number of hydrogen-bond acceptors (Lipinski definition) is 6. The summed E-state index contributed by atoms with van der Waals surface area (Å²) in [6.45, 7) is 3.99. The standard InChI is InChI=1S/C8H14NO4PS2/c1-3-12-14(11,13-4-2)9-8-15-6-7(5-10)16-8/h6,10H,3-5H2,1-2H3/b9-8-. The van der Waals surface area contributed by atoms with Crippen molar-refractivity contribution in [1.82, 2.24) is 0 Å². The molecule has 0 unspecified atom stereocenters. The van der Waals surface area contributed by atoms with Gasteiger partial charge in [-0.1, -0.05) is 0 Å². The maximum atomic E-state index is 12.0. The Balaban J connectivity index is 2.96. The average molecular weight is 283 g/mol. The van der Waals surface area contributed by atoms with E-state index in [-0.39, 0.29) is 19.8 Å². The minimum absolute atomic E-state index is 0.0374. The molecule has 0 atom stereocenters. The molecule has 0 bridgehead atoms. The predicted molar refractivity (Wildman–Crippen MR) is 64.5 cm³/mol. The normalized spacial score (nSPS) is 13.3. The average Bonchev–Trinajstić information content (AvgIpc) is 2.65. The van der Waals surface area contributed by atoms with E-state index in [2.05, 4.69) is 4.76 Å². The molecule has 0 aliphatic rings. The second-order valence-corrected chi connectivity index (χ2v) is 6.52. The molecule has 5 nitrogen and oxygen atoms in total. The van der Waals surface area contributed by atoms with Crippen LogP contribution in [0.25, 0.3) is 0 Å². The number of rotatable bonds is 6. The highest BCUT2D eigenvalue weighted by atomic mass is 32.2. The first-order valence-electron chi connectivity index (χ1n) is 4.77. The molecule has 0 amide bonds. The lowest BCUT2D eigenvalue weighted by atomic mass is 10.6. The van der Waals surface area contributed by atoms with Gasteiger partial charge in [0.25, 0.3) is 0 Å². The number of aliphatic hydroxyl groups excluding tert-OH is 1. The van der Waals surface area contributed by atoms with Crippen molar-refractivity contribution in [2.45, 2.75) is 20.5 Å². The van der Waals surface area contributed by atoms with Crippen LogP contribution in [0.15, 0.2) is 10.1 Å². The zero-order valence-electron chi connectivity index (χ0n) is 9.08. The van der Waals surface area contributed by atoms with Crippen molar-refractivity contribution in [2.75, 3.05) is 13.2 Å². The van der Waals surface area contributed by atoms with Gasteiger partial charge < -0.3 is 5.11 Å². The highest BCUT2D eigenvalue weighted by Gasteiger charge is 2.22.